The van der Waals surface area contributed by atoms with E-state index in [0.29, 0.717) is 0 Å². The van der Waals surface area contributed by atoms with Gasteiger partial charge in [-0.3, -0.25) is 0 Å². The summed E-state index contributed by atoms with van der Waals surface area (Å²) in [5.41, 5.74) is 8.49. The first kappa shape index (κ1) is 18.4. The van der Waals surface area contributed by atoms with E-state index < -0.39 is 0 Å². The normalized spacial score (nSPS) is 10.9. The Bertz CT molecular complexity index is 765. The van der Waals surface area contributed by atoms with Crippen molar-refractivity contribution in [1.82, 2.24) is 4.98 Å². The molecule has 1 nitrogen and oxygen atoms in total. The fourth-order valence-electron chi connectivity index (χ4n) is 3.23. The molecule has 0 radical (unpaired) electrons. The van der Waals surface area contributed by atoms with Crippen molar-refractivity contribution in [2.24, 2.45) is 0 Å². The van der Waals surface area contributed by atoms with Gasteiger partial charge in [-0.2, -0.15) is 0 Å². The summed E-state index contributed by atoms with van der Waals surface area (Å²) in [6, 6.07) is 21.9. The van der Waals surface area contributed by atoms with E-state index >= 15 is 0 Å². The van der Waals surface area contributed by atoms with Crippen molar-refractivity contribution in [2.45, 2.75) is 52.9 Å². The SMILES string of the molecule is CCCCCCc1cc(-c2ccc(C)cc2)nc(-c2ccc(C)cc2)c1. The second kappa shape index (κ2) is 8.80. The Kier molecular flexibility index (Phi) is 6.22. The molecular weight excluding hydrogens is 314 g/mol. The van der Waals surface area contributed by atoms with Crippen molar-refractivity contribution in [3.8, 4) is 22.5 Å². The first-order chi connectivity index (χ1) is 12.7. The fraction of sp³-hybridized carbons (Fsp3) is 0.320. The number of benzene rings is 2. The van der Waals surface area contributed by atoms with Gasteiger partial charge in [0.2, 0.25) is 0 Å². The number of pyridine rings is 1. The van der Waals surface area contributed by atoms with E-state index in [2.05, 4.69) is 81.4 Å². The van der Waals surface area contributed by atoms with Gasteiger partial charge in [-0.1, -0.05) is 85.8 Å². The highest BCUT2D eigenvalue weighted by molar-refractivity contribution is 5.67. The third-order valence-corrected chi connectivity index (χ3v) is 4.90. The summed E-state index contributed by atoms with van der Waals surface area (Å²) in [5, 5.41) is 0. The van der Waals surface area contributed by atoms with Crippen LogP contribution in [-0.4, -0.2) is 4.98 Å². The number of unbranched alkanes of at least 4 members (excludes halogenated alkanes) is 3. The predicted octanol–water partition coefficient (Wildman–Crippen LogP) is 7.16. The molecule has 0 atom stereocenters. The molecular formula is C25H29N. The van der Waals surface area contributed by atoms with Gasteiger partial charge in [0.15, 0.2) is 0 Å². The van der Waals surface area contributed by atoms with Crippen LogP contribution in [0.25, 0.3) is 22.5 Å². The van der Waals surface area contributed by atoms with Gasteiger partial charge in [-0.15, -0.1) is 0 Å². The Morgan fingerprint density at radius 3 is 1.62 bits per heavy atom. The van der Waals surface area contributed by atoms with Gasteiger partial charge in [0.05, 0.1) is 11.4 Å². The van der Waals surface area contributed by atoms with Crippen LogP contribution in [0, 0.1) is 13.8 Å². The summed E-state index contributed by atoms with van der Waals surface area (Å²) in [6.07, 6.45) is 6.28. The molecule has 0 amide bonds. The van der Waals surface area contributed by atoms with E-state index in [-0.39, 0.29) is 0 Å². The molecule has 0 unspecified atom stereocenters. The van der Waals surface area contributed by atoms with Gasteiger partial charge in [-0.05, 0) is 44.4 Å². The summed E-state index contributed by atoms with van der Waals surface area (Å²) >= 11 is 0. The maximum atomic E-state index is 4.98. The highest BCUT2D eigenvalue weighted by Crippen LogP contribution is 2.26. The number of aryl methyl sites for hydroxylation is 3. The minimum Gasteiger partial charge on any atom is -0.248 e. The van der Waals surface area contributed by atoms with Crippen molar-refractivity contribution >= 4 is 0 Å². The minimum atomic E-state index is 1.08. The largest absolute Gasteiger partial charge is 0.248 e. The van der Waals surface area contributed by atoms with Gasteiger partial charge in [-0.25, -0.2) is 4.98 Å². The van der Waals surface area contributed by atoms with Crippen molar-refractivity contribution in [3.05, 3.63) is 77.4 Å². The van der Waals surface area contributed by atoms with Crippen molar-refractivity contribution in [1.29, 1.82) is 0 Å². The first-order valence-electron chi connectivity index (χ1n) is 9.81. The first-order valence-corrected chi connectivity index (χ1v) is 9.81. The third-order valence-electron chi connectivity index (χ3n) is 4.90. The van der Waals surface area contributed by atoms with Crippen LogP contribution in [-0.2, 0) is 6.42 Å². The maximum absolute atomic E-state index is 4.98. The van der Waals surface area contributed by atoms with Crippen LogP contribution >= 0.6 is 0 Å². The molecule has 0 aliphatic carbocycles. The summed E-state index contributed by atoms with van der Waals surface area (Å²) in [4.78, 5) is 4.98. The Hall–Kier alpha value is -2.41. The molecule has 0 fully saturated rings. The van der Waals surface area contributed by atoms with E-state index in [1.807, 2.05) is 0 Å². The van der Waals surface area contributed by atoms with Crippen LogP contribution in [0.2, 0.25) is 0 Å². The lowest BCUT2D eigenvalue weighted by Gasteiger charge is -2.10. The lowest BCUT2D eigenvalue weighted by Crippen LogP contribution is -1.94. The molecule has 0 saturated heterocycles. The number of rotatable bonds is 7. The summed E-state index contributed by atoms with van der Waals surface area (Å²) in [5.74, 6) is 0. The Morgan fingerprint density at radius 2 is 1.15 bits per heavy atom. The van der Waals surface area contributed by atoms with Gasteiger partial charge in [0, 0.05) is 11.1 Å². The van der Waals surface area contributed by atoms with Gasteiger partial charge >= 0.3 is 0 Å². The molecule has 1 aromatic heterocycles. The molecule has 0 spiro atoms. The topological polar surface area (TPSA) is 12.9 Å². The van der Waals surface area contributed by atoms with Crippen LogP contribution in [0.1, 0.15) is 49.3 Å². The molecule has 0 N–H and O–H groups in total. The molecule has 26 heavy (non-hydrogen) atoms. The monoisotopic (exact) mass is 343 g/mol. The highest BCUT2D eigenvalue weighted by Gasteiger charge is 2.07. The zero-order chi connectivity index (χ0) is 18.4. The maximum Gasteiger partial charge on any atom is 0.0712 e. The summed E-state index contributed by atoms with van der Waals surface area (Å²) < 4.78 is 0. The smallest absolute Gasteiger partial charge is 0.0712 e. The van der Waals surface area contributed by atoms with Crippen molar-refractivity contribution in [3.63, 3.8) is 0 Å². The van der Waals surface area contributed by atoms with Crippen LogP contribution in [0.15, 0.2) is 60.7 Å². The molecule has 0 saturated carbocycles. The molecule has 3 aromatic rings. The van der Waals surface area contributed by atoms with E-state index in [1.165, 1.54) is 53.5 Å². The fourth-order valence-corrected chi connectivity index (χ4v) is 3.23. The van der Waals surface area contributed by atoms with Crippen LogP contribution in [0.4, 0.5) is 0 Å². The quantitative estimate of drug-likeness (QED) is 0.415. The standard InChI is InChI=1S/C25H29N/c1-4-5-6-7-8-21-17-24(22-13-9-19(2)10-14-22)26-25(18-21)23-15-11-20(3)12-16-23/h9-18H,4-8H2,1-3H3. The number of hydrogen-bond donors (Lipinski definition) is 0. The van der Waals surface area contributed by atoms with E-state index in [9.17, 15) is 0 Å². The van der Waals surface area contributed by atoms with Gasteiger partial charge < -0.3 is 0 Å². The lowest BCUT2D eigenvalue weighted by molar-refractivity contribution is 0.667. The average molecular weight is 344 g/mol. The Morgan fingerprint density at radius 1 is 0.654 bits per heavy atom. The molecule has 2 aromatic carbocycles. The van der Waals surface area contributed by atoms with Crippen LogP contribution in [0.3, 0.4) is 0 Å². The van der Waals surface area contributed by atoms with Gasteiger partial charge in [0.25, 0.3) is 0 Å². The van der Waals surface area contributed by atoms with E-state index in [0.717, 1.165) is 17.8 Å². The number of nitrogens with zero attached hydrogens (tertiary/aromatic N) is 1. The zero-order valence-corrected chi connectivity index (χ0v) is 16.3. The second-order valence-corrected chi connectivity index (χ2v) is 7.29. The molecule has 1 heterocycles. The Labute approximate surface area is 158 Å². The van der Waals surface area contributed by atoms with Crippen molar-refractivity contribution in [2.75, 3.05) is 0 Å². The third kappa shape index (κ3) is 4.82. The molecule has 0 aliphatic heterocycles. The molecule has 1 heteroatoms. The second-order valence-electron chi connectivity index (χ2n) is 7.29. The van der Waals surface area contributed by atoms with Gasteiger partial charge in [0.1, 0.15) is 0 Å². The highest BCUT2D eigenvalue weighted by atomic mass is 14.7. The lowest BCUT2D eigenvalue weighted by atomic mass is 10.00. The minimum absolute atomic E-state index is 1.08. The predicted molar refractivity (Wildman–Crippen MR) is 112 cm³/mol. The van der Waals surface area contributed by atoms with Crippen molar-refractivity contribution < 1.29 is 0 Å². The Balaban J connectivity index is 1.95. The van der Waals surface area contributed by atoms with Crippen LogP contribution < -0.4 is 0 Å². The number of aromatic nitrogens is 1. The summed E-state index contributed by atoms with van der Waals surface area (Å²) in [7, 11) is 0. The molecule has 0 aliphatic rings. The molecule has 134 valence electrons. The average Bonchev–Trinajstić information content (AvgIpc) is 2.66. The molecule has 0 bridgehead atoms. The van der Waals surface area contributed by atoms with Crippen LogP contribution in [0.5, 0.6) is 0 Å². The van der Waals surface area contributed by atoms with E-state index in [1.54, 1.807) is 0 Å². The molecule has 3 rings (SSSR count). The van der Waals surface area contributed by atoms with E-state index in [4.69, 9.17) is 4.98 Å². The summed E-state index contributed by atoms with van der Waals surface area (Å²) in [6.45, 7) is 6.51. The zero-order valence-electron chi connectivity index (χ0n) is 16.3. The number of hydrogen-bond acceptors (Lipinski definition) is 1.